The Balaban J connectivity index is 1.16. The third kappa shape index (κ3) is 4.37. The van der Waals surface area contributed by atoms with Crippen LogP contribution in [0.1, 0.15) is 30.4 Å². The topological polar surface area (TPSA) is 106 Å². The fourth-order valence-electron chi connectivity index (χ4n) is 4.85. The molecule has 2 fully saturated rings. The molecule has 2 aliphatic heterocycles. The molecule has 3 unspecified atom stereocenters. The Morgan fingerprint density at radius 2 is 1.85 bits per heavy atom. The normalized spacial score (nSPS) is 23.2. The van der Waals surface area contributed by atoms with Gasteiger partial charge in [0.2, 0.25) is 18.6 Å². The van der Waals surface area contributed by atoms with Gasteiger partial charge in [-0.3, -0.25) is 14.5 Å². The van der Waals surface area contributed by atoms with Crippen LogP contribution < -0.4 is 24.8 Å². The zero-order valence-electron chi connectivity index (χ0n) is 18.9. The second-order valence-corrected chi connectivity index (χ2v) is 8.85. The number of imide groups is 1. The summed E-state index contributed by atoms with van der Waals surface area (Å²) in [7, 11) is 1.59. The number of ether oxygens (including phenoxy) is 3. The summed E-state index contributed by atoms with van der Waals surface area (Å²) in [5.41, 5.74) is 1.76. The highest BCUT2D eigenvalue weighted by atomic mass is 16.7. The molecule has 2 heterocycles. The maximum absolute atomic E-state index is 13.1. The summed E-state index contributed by atoms with van der Waals surface area (Å²) in [6.07, 6.45) is 1.61. The van der Waals surface area contributed by atoms with Crippen molar-refractivity contribution in [2.45, 2.75) is 38.4 Å². The molecule has 2 aromatic rings. The molecule has 0 bridgehead atoms. The smallest absolute Gasteiger partial charge is 0.324 e. The minimum absolute atomic E-state index is 0.0709. The quantitative estimate of drug-likeness (QED) is 0.679. The van der Waals surface area contributed by atoms with E-state index in [1.54, 1.807) is 19.2 Å². The number of benzene rings is 2. The van der Waals surface area contributed by atoms with Gasteiger partial charge in [0.25, 0.3) is 0 Å². The minimum atomic E-state index is -0.413. The number of carbonyl (C=O) groups is 3. The van der Waals surface area contributed by atoms with Crippen LogP contribution in [0.2, 0.25) is 0 Å². The van der Waals surface area contributed by atoms with Gasteiger partial charge in [-0.25, -0.2) is 4.79 Å². The Kier molecular flexibility index (Phi) is 6.00. The molecule has 178 valence electrons. The zero-order chi connectivity index (χ0) is 23.7. The van der Waals surface area contributed by atoms with Gasteiger partial charge in [0.05, 0.1) is 19.6 Å². The van der Waals surface area contributed by atoms with E-state index in [1.807, 2.05) is 30.3 Å². The van der Waals surface area contributed by atoms with Gasteiger partial charge in [-0.15, -0.1) is 0 Å². The molecule has 3 aliphatic rings. The molecule has 2 aromatic carbocycles. The molecular formula is C25H27N3O6. The highest BCUT2D eigenvalue weighted by molar-refractivity contribution is 5.99. The number of nitrogens with one attached hydrogen (secondary N) is 2. The average Bonchev–Trinajstić information content (AvgIpc) is 3.33. The molecule has 9 nitrogen and oxygen atoms in total. The van der Waals surface area contributed by atoms with Crippen LogP contribution in [-0.4, -0.2) is 42.7 Å². The van der Waals surface area contributed by atoms with Crippen LogP contribution in [0.25, 0.3) is 0 Å². The molecule has 0 radical (unpaired) electrons. The number of hydrogen-bond donors (Lipinski definition) is 2. The molecule has 0 aromatic heterocycles. The number of methoxy groups -OCH3 is 1. The van der Waals surface area contributed by atoms with E-state index in [0.717, 1.165) is 11.1 Å². The lowest BCUT2D eigenvalue weighted by atomic mass is 9.76. The largest absolute Gasteiger partial charge is 0.497 e. The van der Waals surface area contributed by atoms with Gasteiger partial charge in [0.1, 0.15) is 5.75 Å². The highest BCUT2D eigenvalue weighted by Crippen LogP contribution is 2.34. The molecule has 1 saturated carbocycles. The number of nitrogens with zero attached hydrogens (tertiary/aromatic N) is 1. The van der Waals surface area contributed by atoms with E-state index in [1.165, 1.54) is 4.90 Å². The minimum Gasteiger partial charge on any atom is -0.497 e. The van der Waals surface area contributed by atoms with Crippen molar-refractivity contribution in [2.24, 2.45) is 11.8 Å². The number of hydrogen-bond acceptors (Lipinski definition) is 6. The fourth-order valence-corrected chi connectivity index (χ4v) is 4.85. The van der Waals surface area contributed by atoms with Crippen LogP contribution in [0.4, 0.5) is 4.79 Å². The predicted molar refractivity (Wildman–Crippen MR) is 121 cm³/mol. The van der Waals surface area contributed by atoms with Gasteiger partial charge < -0.3 is 24.8 Å². The Labute approximate surface area is 197 Å². The number of carbonyl (C=O) groups excluding carboxylic acids is 3. The first-order valence-corrected chi connectivity index (χ1v) is 11.4. The van der Waals surface area contributed by atoms with Gasteiger partial charge >= 0.3 is 6.03 Å². The fraction of sp³-hybridized carbons (Fsp3) is 0.400. The van der Waals surface area contributed by atoms with Crippen LogP contribution >= 0.6 is 0 Å². The van der Waals surface area contributed by atoms with Crippen LogP contribution in [0, 0.1) is 11.8 Å². The molecule has 1 saturated heterocycles. The SMILES string of the molecule is COc1ccc(CN2C(=O)NC3CC(C(=O)NCc4ccc5c(c4)OCO5)CCC3C2=O)cc1. The predicted octanol–water partition coefficient (Wildman–Crippen LogP) is 2.58. The Bertz CT molecular complexity index is 1100. The molecule has 2 N–H and O–H groups in total. The van der Waals surface area contributed by atoms with Gasteiger partial charge in [0, 0.05) is 18.5 Å². The molecule has 1 aliphatic carbocycles. The zero-order valence-corrected chi connectivity index (χ0v) is 18.9. The second kappa shape index (κ2) is 9.24. The summed E-state index contributed by atoms with van der Waals surface area (Å²) in [6.45, 7) is 0.788. The van der Waals surface area contributed by atoms with Crippen molar-refractivity contribution in [1.82, 2.24) is 15.5 Å². The summed E-state index contributed by atoms with van der Waals surface area (Å²) < 4.78 is 15.9. The second-order valence-electron chi connectivity index (χ2n) is 8.85. The van der Waals surface area contributed by atoms with Gasteiger partial charge in [-0.05, 0) is 54.7 Å². The molecule has 0 spiro atoms. The molecule has 9 heteroatoms. The van der Waals surface area contributed by atoms with Crippen molar-refractivity contribution in [2.75, 3.05) is 13.9 Å². The van der Waals surface area contributed by atoms with E-state index in [9.17, 15) is 14.4 Å². The molecular weight excluding hydrogens is 438 g/mol. The average molecular weight is 466 g/mol. The first-order valence-electron chi connectivity index (χ1n) is 11.4. The lowest BCUT2D eigenvalue weighted by molar-refractivity contribution is -0.139. The van der Waals surface area contributed by atoms with E-state index in [0.29, 0.717) is 43.1 Å². The third-order valence-corrected chi connectivity index (χ3v) is 6.76. The van der Waals surface area contributed by atoms with Crippen LogP contribution in [0.5, 0.6) is 17.2 Å². The Morgan fingerprint density at radius 3 is 2.65 bits per heavy atom. The first kappa shape index (κ1) is 22.1. The maximum Gasteiger partial charge on any atom is 0.324 e. The van der Waals surface area contributed by atoms with Crippen molar-refractivity contribution in [3.05, 3.63) is 53.6 Å². The van der Waals surface area contributed by atoms with Gasteiger partial charge in [-0.2, -0.15) is 0 Å². The summed E-state index contributed by atoms with van der Waals surface area (Å²) in [5.74, 6) is 1.28. The third-order valence-electron chi connectivity index (χ3n) is 6.76. The number of fused-ring (bicyclic) bond motifs is 2. The summed E-state index contributed by atoms with van der Waals surface area (Å²) in [4.78, 5) is 39.9. The molecule has 4 amide bonds. The molecule has 34 heavy (non-hydrogen) atoms. The van der Waals surface area contributed by atoms with E-state index >= 15 is 0 Å². The Morgan fingerprint density at radius 1 is 1.09 bits per heavy atom. The molecule has 5 rings (SSSR count). The van der Waals surface area contributed by atoms with Crippen LogP contribution in [-0.2, 0) is 22.7 Å². The summed E-state index contributed by atoms with van der Waals surface area (Å²) in [6, 6.07) is 12.1. The monoisotopic (exact) mass is 465 g/mol. The highest BCUT2D eigenvalue weighted by Gasteiger charge is 2.45. The molecule has 3 atom stereocenters. The van der Waals surface area contributed by atoms with E-state index in [4.69, 9.17) is 14.2 Å². The number of amides is 4. The van der Waals surface area contributed by atoms with Crippen LogP contribution in [0.3, 0.4) is 0 Å². The van der Waals surface area contributed by atoms with Crippen LogP contribution in [0.15, 0.2) is 42.5 Å². The summed E-state index contributed by atoms with van der Waals surface area (Å²) in [5, 5.41) is 5.93. The van der Waals surface area contributed by atoms with Crippen molar-refractivity contribution in [3.63, 3.8) is 0 Å². The lowest BCUT2D eigenvalue weighted by Gasteiger charge is -2.42. The maximum atomic E-state index is 13.1. The lowest BCUT2D eigenvalue weighted by Crippen LogP contribution is -2.61. The van der Waals surface area contributed by atoms with Gasteiger partial charge in [0.15, 0.2) is 11.5 Å². The van der Waals surface area contributed by atoms with Gasteiger partial charge in [-0.1, -0.05) is 18.2 Å². The number of urea groups is 1. The Hall–Kier alpha value is -3.75. The van der Waals surface area contributed by atoms with Crippen molar-refractivity contribution in [1.29, 1.82) is 0 Å². The van der Waals surface area contributed by atoms with Crippen molar-refractivity contribution < 1.29 is 28.6 Å². The van der Waals surface area contributed by atoms with E-state index < -0.39 is 6.03 Å². The number of rotatable bonds is 6. The van der Waals surface area contributed by atoms with E-state index in [2.05, 4.69) is 10.6 Å². The first-order chi connectivity index (χ1) is 16.5. The van der Waals surface area contributed by atoms with Crippen molar-refractivity contribution >= 4 is 17.8 Å². The van der Waals surface area contributed by atoms with Crippen molar-refractivity contribution in [3.8, 4) is 17.2 Å². The standard InChI is InChI=1S/C25H27N3O6/c1-32-18-6-2-15(3-7-18)13-28-24(30)19-8-5-17(11-20(19)27-25(28)31)23(29)26-12-16-4-9-21-22(10-16)34-14-33-21/h2-4,6-7,9-10,17,19-20H,5,8,11-14H2,1H3,(H,26,29)(H,27,31). The summed E-state index contributed by atoms with van der Waals surface area (Å²) >= 11 is 0. The van der Waals surface area contributed by atoms with E-state index in [-0.39, 0.29) is 43.0 Å².